The molecule has 2 aromatic rings. The molecular weight excluding hydrogens is 412 g/mol. The van der Waals surface area contributed by atoms with Gasteiger partial charge in [-0.05, 0) is 43.7 Å². The molecule has 2 aliphatic rings. The average Bonchev–Trinajstić information content (AvgIpc) is 2.80. The fourth-order valence-corrected chi connectivity index (χ4v) is 5.60. The summed E-state index contributed by atoms with van der Waals surface area (Å²) in [6.07, 6.45) is 2.44. The minimum atomic E-state index is -3.56. The number of nitrogens with zero attached hydrogens (tertiary/aromatic N) is 4. The van der Waals surface area contributed by atoms with Gasteiger partial charge in [0.25, 0.3) is 0 Å². The minimum Gasteiger partial charge on any atom is -0.354 e. The summed E-state index contributed by atoms with van der Waals surface area (Å²) in [6.45, 7) is 9.02. The lowest BCUT2D eigenvalue weighted by Gasteiger charge is -2.37. The zero-order chi connectivity index (χ0) is 22.0. The van der Waals surface area contributed by atoms with Crippen molar-refractivity contribution in [3.8, 4) is 11.1 Å². The van der Waals surface area contributed by atoms with E-state index in [9.17, 15) is 13.2 Å². The summed E-state index contributed by atoms with van der Waals surface area (Å²) in [5, 5.41) is 0. The van der Waals surface area contributed by atoms with Gasteiger partial charge in [-0.2, -0.15) is 4.31 Å². The maximum absolute atomic E-state index is 12.8. The second-order valence-corrected chi connectivity index (χ2v) is 10.4. The van der Waals surface area contributed by atoms with Gasteiger partial charge in [0.05, 0.1) is 4.90 Å². The normalized spacial score (nSPS) is 19.2. The zero-order valence-electron chi connectivity index (χ0n) is 18.2. The molecule has 0 radical (unpaired) electrons. The lowest BCUT2D eigenvalue weighted by molar-refractivity contribution is -0.120. The Morgan fingerprint density at radius 3 is 2.00 bits per heavy atom. The van der Waals surface area contributed by atoms with Crippen LogP contribution in [0, 0.1) is 0 Å². The number of anilines is 1. The summed E-state index contributed by atoms with van der Waals surface area (Å²) >= 11 is 0. The van der Waals surface area contributed by atoms with Gasteiger partial charge in [-0.25, -0.2) is 13.4 Å². The summed E-state index contributed by atoms with van der Waals surface area (Å²) < 4.78 is 27.0. The number of ketones is 1. The highest BCUT2D eigenvalue weighted by Gasteiger charge is 2.28. The number of hydrogen-bond acceptors (Lipinski definition) is 6. The van der Waals surface area contributed by atoms with E-state index in [1.54, 1.807) is 12.1 Å². The number of pyridine rings is 1. The van der Waals surface area contributed by atoms with E-state index in [4.69, 9.17) is 0 Å². The first kappa shape index (κ1) is 21.9. The van der Waals surface area contributed by atoms with Crippen molar-refractivity contribution in [3.05, 3.63) is 42.6 Å². The van der Waals surface area contributed by atoms with E-state index in [0.29, 0.717) is 18.9 Å². The van der Waals surface area contributed by atoms with Crippen LogP contribution in [-0.2, 0) is 14.8 Å². The molecule has 0 N–H and O–H groups in total. The standard InChI is InChI=1S/C23H30N4O3S/c1-18(2)25-13-15-26(16-14-25)23-8-5-20(17-24-23)19-3-6-22(7-4-19)31(29,30)27-11-9-21(28)10-12-27/h3-8,17-18H,9-16H2,1-2H3. The van der Waals surface area contributed by atoms with Crippen molar-refractivity contribution in [1.82, 2.24) is 14.2 Å². The first-order chi connectivity index (χ1) is 14.8. The van der Waals surface area contributed by atoms with Gasteiger partial charge in [-0.1, -0.05) is 12.1 Å². The first-order valence-corrected chi connectivity index (χ1v) is 12.4. The average molecular weight is 443 g/mol. The van der Waals surface area contributed by atoms with Gasteiger partial charge in [-0.15, -0.1) is 0 Å². The Morgan fingerprint density at radius 2 is 1.45 bits per heavy atom. The SMILES string of the molecule is CC(C)N1CCN(c2ccc(-c3ccc(S(=O)(=O)N4CCC(=O)CC4)cc3)cn2)CC1. The van der Waals surface area contributed by atoms with Crippen LogP contribution in [0.5, 0.6) is 0 Å². The third-order valence-corrected chi connectivity index (χ3v) is 8.13. The number of rotatable bonds is 5. The van der Waals surface area contributed by atoms with Gasteiger partial charge in [-0.3, -0.25) is 9.69 Å². The molecule has 0 atom stereocenters. The molecule has 1 aromatic heterocycles. The molecule has 2 saturated heterocycles. The van der Waals surface area contributed by atoms with Crippen LogP contribution in [0.3, 0.4) is 0 Å². The molecular formula is C23H30N4O3S. The maximum Gasteiger partial charge on any atom is 0.243 e. The molecule has 0 saturated carbocycles. The van der Waals surface area contributed by atoms with Crippen LogP contribution in [0.2, 0.25) is 0 Å². The van der Waals surface area contributed by atoms with Crippen molar-refractivity contribution in [3.63, 3.8) is 0 Å². The van der Waals surface area contributed by atoms with Crippen molar-refractivity contribution in [2.45, 2.75) is 37.6 Å². The largest absolute Gasteiger partial charge is 0.354 e. The van der Waals surface area contributed by atoms with Crippen LogP contribution in [0.4, 0.5) is 5.82 Å². The van der Waals surface area contributed by atoms with Crippen molar-refractivity contribution in [2.24, 2.45) is 0 Å². The highest BCUT2D eigenvalue weighted by molar-refractivity contribution is 7.89. The van der Waals surface area contributed by atoms with E-state index < -0.39 is 10.0 Å². The molecule has 2 aliphatic heterocycles. The second-order valence-electron chi connectivity index (χ2n) is 8.49. The van der Waals surface area contributed by atoms with Gasteiger partial charge < -0.3 is 4.90 Å². The molecule has 3 heterocycles. The fraction of sp³-hybridized carbons (Fsp3) is 0.478. The van der Waals surface area contributed by atoms with Crippen LogP contribution in [0.1, 0.15) is 26.7 Å². The van der Waals surface area contributed by atoms with Gasteiger partial charge in [0.2, 0.25) is 10.0 Å². The van der Waals surface area contributed by atoms with Gasteiger partial charge in [0.15, 0.2) is 0 Å². The van der Waals surface area contributed by atoms with Gasteiger partial charge >= 0.3 is 0 Å². The Kier molecular flexibility index (Phi) is 6.41. The minimum absolute atomic E-state index is 0.125. The summed E-state index contributed by atoms with van der Waals surface area (Å²) in [5.41, 5.74) is 1.88. The van der Waals surface area contributed by atoms with Crippen molar-refractivity contribution >= 4 is 21.6 Å². The highest BCUT2D eigenvalue weighted by atomic mass is 32.2. The molecule has 166 valence electrons. The molecule has 31 heavy (non-hydrogen) atoms. The molecule has 4 rings (SSSR count). The number of carbonyl (C=O) groups is 1. The highest BCUT2D eigenvalue weighted by Crippen LogP contribution is 2.25. The Hall–Kier alpha value is -2.29. The second kappa shape index (κ2) is 9.06. The van der Waals surface area contributed by atoms with E-state index >= 15 is 0 Å². The van der Waals surface area contributed by atoms with E-state index in [0.717, 1.165) is 43.1 Å². The number of benzene rings is 1. The molecule has 0 aliphatic carbocycles. The number of carbonyl (C=O) groups excluding carboxylic acids is 1. The van der Waals surface area contributed by atoms with Crippen LogP contribution in [0.25, 0.3) is 11.1 Å². The predicted octanol–water partition coefficient (Wildman–Crippen LogP) is 2.63. The smallest absolute Gasteiger partial charge is 0.243 e. The number of Topliss-reactive ketones (excluding diaryl/α,β-unsaturated/α-hetero) is 1. The van der Waals surface area contributed by atoms with Gasteiger partial charge in [0.1, 0.15) is 11.6 Å². The lowest BCUT2D eigenvalue weighted by Crippen LogP contribution is -2.49. The third kappa shape index (κ3) is 4.81. The number of sulfonamides is 1. The molecule has 7 nitrogen and oxygen atoms in total. The molecule has 1 aromatic carbocycles. The Balaban J connectivity index is 1.43. The molecule has 2 fully saturated rings. The molecule has 0 bridgehead atoms. The third-order valence-electron chi connectivity index (χ3n) is 6.22. The fourth-order valence-electron chi connectivity index (χ4n) is 4.16. The Bertz CT molecular complexity index is 1000. The number of piperazine rings is 1. The number of piperidine rings is 1. The first-order valence-electron chi connectivity index (χ1n) is 10.9. The van der Waals surface area contributed by atoms with Crippen LogP contribution in [-0.4, -0.2) is 73.7 Å². The molecule has 0 amide bonds. The number of hydrogen-bond donors (Lipinski definition) is 0. The Labute approximate surface area is 184 Å². The quantitative estimate of drug-likeness (QED) is 0.709. The van der Waals surface area contributed by atoms with Crippen LogP contribution in [0.15, 0.2) is 47.5 Å². The molecule has 0 unspecified atom stereocenters. The zero-order valence-corrected chi connectivity index (χ0v) is 19.0. The van der Waals surface area contributed by atoms with E-state index in [-0.39, 0.29) is 23.8 Å². The predicted molar refractivity (Wildman–Crippen MR) is 122 cm³/mol. The Morgan fingerprint density at radius 1 is 0.839 bits per heavy atom. The van der Waals surface area contributed by atoms with Crippen molar-refractivity contribution < 1.29 is 13.2 Å². The maximum atomic E-state index is 12.8. The van der Waals surface area contributed by atoms with Crippen molar-refractivity contribution in [2.75, 3.05) is 44.2 Å². The molecule has 8 heteroatoms. The summed E-state index contributed by atoms with van der Waals surface area (Å²) in [6, 6.07) is 11.6. The van der Waals surface area contributed by atoms with Crippen LogP contribution < -0.4 is 4.90 Å². The van der Waals surface area contributed by atoms with E-state index in [1.165, 1.54) is 4.31 Å². The topological polar surface area (TPSA) is 73.8 Å². The van der Waals surface area contributed by atoms with Gasteiger partial charge in [0, 0.05) is 69.9 Å². The van der Waals surface area contributed by atoms with E-state index in [1.807, 2.05) is 30.5 Å². The summed E-state index contributed by atoms with van der Waals surface area (Å²) in [7, 11) is -3.56. The molecule has 0 spiro atoms. The summed E-state index contributed by atoms with van der Waals surface area (Å²) in [5.74, 6) is 1.10. The number of aromatic nitrogens is 1. The van der Waals surface area contributed by atoms with E-state index in [2.05, 4.69) is 28.6 Å². The summed E-state index contributed by atoms with van der Waals surface area (Å²) in [4.78, 5) is 21.1. The van der Waals surface area contributed by atoms with Crippen molar-refractivity contribution in [1.29, 1.82) is 0 Å². The van der Waals surface area contributed by atoms with Crippen LogP contribution >= 0.6 is 0 Å². The lowest BCUT2D eigenvalue weighted by atomic mass is 10.1. The monoisotopic (exact) mass is 442 g/mol.